The lowest BCUT2D eigenvalue weighted by Crippen LogP contribution is -2.49. The fraction of sp³-hybridized carbons (Fsp3) is 0.435. The molecule has 1 aromatic carbocycles. The van der Waals surface area contributed by atoms with Crippen molar-refractivity contribution in [1.82, 2.24) is 15.2 Å². The number of carbonyl (C=O) groups is 2. The molecule has 0 saturated carbocycles. The van der Waals surface area contributed by atoms with E-state index in [1.807, 2.05) is 41.3 Å². The van der Waals surface area contributed by atoms with Crippen molar-refractivity contribution in [2.24, 2.45) is 0 Å². The van der Waals surface area contributed by atoms with Crippen molar-refractivity contribution >= 4 is 17.5 Å². The molecule has 1 N–H and O–H groups in total. The average molecular weight is 395 g/mol. The highest BCUT2D eigenvalue weighted by Gasteiger charge is 2.21. The first kappa shape index (κ1) is 20.8. The SMILES string of the molecule is CC(C)(C)c1ccc(C(=O)NCCC(=O)N2CCN(c3ccncc3)CC2)cc1. The predicted molar refractivity (Wildman–Crippen MR) is 115 cm³/mol. The van der Waals surface area contributed by atoms with Crippen LogP contribution in [-0.4, -0.2) is 54.4 Å². The monoisotopic (exact) mass is 394 g/mol. The zero-order valence-corrected chi connectivity index (χ0v) is 17.5. The highest BCUT2D eigenvalue weighted by Crippen LogP contribution is 2.22. The number of nitrogens with zero attached hydrogens (tertiary/aromatic N) is 3. The number of hydrogen-bond donors (Lipinski definition) is 1. The van der Waals surface area contributed by atoms with Crippen molar-refractivity contribution in [3.05, 3.63) is 59.9 Å². The van der Waals surface area contributed by atoms with Crippen molar-refractivity contribution in [3.63, 3.8) is 0 Å². The third-order valence-electron chi connectivity index (χ3n) is 5.30. The molecule has 0 aliphatic carbocycles. The van der Waals surface area contributed by atoms with Crippen molar-refractivity contribution in [1.29, 1.82) is 0 Å². The van der Waals surface area contributed by atoms with Crippen LogP contribution in [0.5, 0.6) is 0 Å². The summed E-state index contributed by atoms with van der Waals surface area (Å²) in [6.45, 7) is 9.79. The molecular formula is C23H30N4O2. The summed E-state index contributed by atoms with van der Waals surface area (Å²) in [5, 5.41) is 2.86. The Morgan fingerprint density at radius 2 is 1.59 bits per heavy atom. The smallest absolute Gasteiger partial charge is 0.251 e. The van der Waals surface area contributed by atoms with Crippen LogP contribution in [0.15, 0.2) is 48.8 Å². The maximum absolute atomic E-state index is 12.5. The van der Waals surface area contributed by atoms with Gasteiger partial charge in [-0.2, -0.15) is 0 Å². The van der Waals surface area contributed by atoms with E-state index in [4.69, 9.17) is 0 Å². The van der Waals surface area contributed by atoms with Gasteiger partial charge in [-0.3, -0.25) is 14.6 Å². The number of anilines is 1. The van der Waals surface area contributed by atoms with E-state index in [1.54, 1.807) is 12.4 Å². The van der Waals surface area contributed by atoms with E-state index >= 15 is 0 Å². The minimum absolute atomic E-state index is 0.0584. The molecule has 1 saturated heterocycles. The first-order valence-corrected chi connectivity index (χ1v) is 10.2. The Kier molecular flexibility index (Phi) is 6.52. The molecule has 29 heavy (non-hydrogen) atoms. The molecule has 6 nitrogen and oxygen atoms in total. The van der Waals surface area contributed by atoms with Gasteiger partial charge in [-0.15, -0.1) is 0 Å². The molecule has 0 bridgehead atoms. The normalized spacial score (nSPS) is 14.6. The van der Waals surface area contributed by atoms with Crippen LogP contribution in [0.4, 0.5) is 5.69 Å². The van der Waals surface area contributed by atoms with Gasteiger partial charge in [-0.05, 0) is 35.2 Å². The molecule has 6 heteroatoms. The highest BCUT2D eigenvalue weighted by atomic mass is 16.2. The Balaban J connectivity index is 1.41. The molecule has 0 unspecified atom stereocenters. The highest BCUT2D eigenvalue weighted by molar-refractivity contribution is 5.94. The number of amides is 2. The maximum atomic E-state index is 12.5. The summed E-state index contributed by atoms with van der Waals surface area (Å²) in [4.78, 5) is 33.0. The second kappa shape index (κ2) is 9.07. The predicted octanol–water partition coefficient (Wildman–Crippen LogP) is 2.85. The van der Waals surface area contributed by atoms with Gasteiger partial charge in [-0.25, -0.2) is 0 Å². The summed E-state index contributed by atoms with van der Waals surface area (Å²) in [5.74, 6) is -0.0523. The average Bonchev–Trinajstić information content (AvgIpc) is 2.74. The van der Waals surface area contributed by atoms with E-state index in [0.717, 1.165) is 18.8 Å². The van der Waals surface area contributed by atoms with E-state index in [1.165, 1.54) is 5.56 Å². The van der Waals surface area contributed by atoms with Crippen LogP contribution in [0.2, 0.25) is 0 Å². The maximum Gasteiger partial charge on any atom is 0.251 e. The fourth-order valence-electron chi connectivity index (χ4n) is 3.43. The Hall–Kier alpha value is -2.89. The largest absolute Gasteiger partial charge is 0.368 e. The van der Waals surface area contributed by atoms with Gasteiger partial charge in [0.05, 0.1) is 0 Å². The number of rotatable bonds is 5. The van der Waals surface area contributed by atoms with Gasteiger partial charge in [0.25, 0.3) is 5.91 Å². The number of aromatic nitrogens is 1. The number of hydrogen-bond acceptors (Lipinski definition) is 4. The van der Waals surface area contributed by atoms with Crippen LogP contribution in [0.3, 0.4) is 0 Å². The van der Waals surface area contributed by atoms with Crippen molar-refractivity contribution in [3.8, 4) is 0 Å². The van der Waals surface area contributed by atoms with E-state index in [2.05, 4.69) is 36.0 Å². The van der Waals surface area contributed by atoms with Crippen LogP contribution >= 0.6 is 0 Å². The van der Waals surface area contributed by atoms with Gasteiger partial charge in [0, 0.05) is 62.8 Å². The summed E-state index contributed by atoms with van der Waals surface area (Å²) < 4.78 is 0. The fourth-order valence-corrected chi connectivity index (χ4v) is 3.43. The number of benzene rings is 1. The van der Waals surface area contributed by atoms with Crippen LogP contribution in [0, 0.1) is 0 Å². The van der Waals surface area contributed by atoms with E-state index in [-0.39, 0.29) is 17.2 Å². The van der Waals surface area contributed by atoms with Crippen molar-refractivity contribution in [2.45, 2.75) is 32.6 Å². The molecule has 154 valence electrons. The molecule has 2 heterocycles. The lowest BCUT2D eigenvalue weighted by atomic mass is 9.87. The first-order valence-electron chi connectivity index (χ1n) is 10.2. The molecule has 0 spiro atoms. The van der Waals surface area contributed by atoms with Crippen molar-refractivity contribution in [2.75, 3.05) is 37.6 Å². The zero-order chi connectivity index (χ0) is 20.9. The molecule has 1 aromatic heterocycles. The van der Waals surface area contributed by atoms with Gasteiger partial charge < -0.3 is 15.1 Å². The first-order chi connectivity index (χ1) is 13.8. The Bertz CT molecular complexity index is 820. The van der Waals surface area contributed by atoms with Crippen LogP contribution in [0.25, 0.3) is 0 Å². The van der Waals surface area contributed by atoms with Crippen molar-refractivity contribution < 1.29 is 9.59 Å². The summed E-state index contributed by atoms with van der Waals surface area (Å²) in [7, 11) is 0. The van der Waals surface area contributed by atoms with Gasteiger partial charge in [0.2, 0.25) is 5.91 Å². The lowest BCUT2D eigenvalue weighted by molar-refractivity contribution is -0.131. The third kappa shape index (κ3) is 5.56. The molecule has 1 aliphatic rings. The van der Waals surface area contributed by atoms with Gasteiger partial charge in [0.1, 0.15) is 0 Å². The van der Waals surface area contributed by atoms with Gasteiger partial charge in [-0.1, -0.05) is 32.9 Å². The van der Waals surface area contributed by atoms with Gasteiger partial charge >= 0.3 is 0 Å². The van der Waals surface area contributed by atoms with Gasteiger partial charge in [0.15, 0.2) is 0 Å². The third-order valence-corrected chi connectivity index (χ3v) is 5.30. The van der Waals surface area contributed by atoms with Crippen LogP contribution < -0.4 is 10.2 Å². The topological polar surface area (TPSA) is 65.5 Å². The molecule has 1 aliphatic heterocycles. The number of nitrogens with one attached hydrogen (secondary N) is 1. The van der Waals surface area contributed by atoms with Crippen LogP contribution in [-0.2, 0) is 10.2 Å². The summed E-state index contributed by atoms with van der Waals surface area (Å²) in [6, 6.07) is 11.6. The molecule has 2 aromatic rings. The Morgan fingerprint density at radius 3 is 2.17 bits per heavy atom. The summed E-state index contributed by atoms with van der Waals surface area (Å²) >= 11 is 0. The van der Waals surface area contributed by atoms with E-state index in [0.29, 0.717) is 31.6 Å². The lowest BCUT2D eigenvalue weighted by Gasteiger charge is -2.36. The second-order valence-electron chi connectivity index (χ2n) is 8.41. The molecule has 0 radical (unpaired) electrons. The van der Waals surface area contributed by atoms with E-state index in [9.17, 15) is 9.59 Å². The number of piperazine rings is 1. The van der Waals surface area contributed by atoms with E-state index < -0.39 is 0 Å². The molecule has 0 atom stereocenters. The molecule has 1 fully saturated rings. The minimum Gasteiger partial charge on any atom is -0.368 e. The second-order valence-corrected chi connectivity index (χ2v) is 8.41. The standard InChI is InChI=1S/C23H30N4O2/c1-23(2,3)19-6-4-18(5-7-19)22(29)25-13-10-21(28)27-16-14-26(15-17-27)20-8-11-24-12-9-20/h4-9,11-12H,10,13-17H2,1-3H3,(H,25,29). The quantitative estimate of drug-likeness (QED) is 0.847. The van der Waals surface area contributed by atoms with Crippen LogP contribution in [0.1, 0.15) is 43.1 Å². The Labute approximate surface area is 172 Å². The Morgan fingerprint density at radius 1 is 0.966 bits per heavy atom. The summed E-state index contributed by atoms with van der Waals surface area (Å²) in [6.07, 6.45) is 3.89. The zero-order valence-electron chi connectivity index (χ0n) is 17.5. The number of pyridine rings is 1. The molecular weight excluding hydrogens is 364 g/mol. The minimum atomic E-state index is -0.138. The summed E-state index contributed by atoms with van der Waals surface area (Å²) in [5.41, 5.74) is 3.01. The number of carbonyl (C=O) groups excluding carboxylic acids is 2. The molecule has 2 amide bonds. The molecule has 3 rings (SSSR count).